The molecule has 0 aliphatic heterocycles. The van der Waals surface area contributed by atoms with Gasteiger partial charge in [0.25, 0.3) is 0 Å². The maximum atomic E-state index is 5.91. The van der Waals surface area contributed by atoms with E-state index in [2.05, 4.69) is 21.5 Å². The predicted octanol–water partition coefficient (Wildman–Crippen LogP) is 3.41. The Morgan fingerprint density at radius 1 is 1.35 bits per heavy atom. The van der Waals surface area contributed by atoms with Crippen molar-refractivity contribution in [2.75, 3.05) is 13.0 Å². The average molecular weight is 294 g/mol. The highest BCUT2D eigenvalue weighted by Gasteiger charge is 2.33. The number of methoxy groups -OCH3 is 1. The van der Waals surface area contributed by atoms with Gasteiger partial charge in [-0.2, -0.15) is 4.98 Å². The maximum absolute atomic E-state index is 5.91. The van der Waals surface area contributed by atoms with Crippen molar-refractivity contribution in [1.82, 2.24) is 14.5 Å². The minimum absolute atomic E-state index is 0.374. The molecule has 0 unspecified atom stereocenters. The molecule has 1 aliphatic rings. The Morgan fingerprint density at radius 2 is 2.15 bits per heavy atom. The molecular formula is C15H20ClN3O. The summed E-state index contributed by atoms with van der Waals surface area (Å²) in [5.41, 5.74) is 2.21. The van der Waals surface area contributed by atoms with Crippen LogP contribution >= 0.6 is 11.6 Å². The molecule has 3 rings (SSSR count). The number of aryl methyl sites for hydroxylation is 1. The van der Waals surface area contributed by atoms with E-state index in [1.54, 1.807) is 7.11 Å². The van der Waals surface area contributed by atoms with E-state index in [-0.39, 0.29) is 0 Å². The Hall–Kier alpha value is -1.29. The second-order valence-corrected chi connectivity index (χ2v) is 6.29. The molecule has 1 fully saturated rings. The molecule has 0 bridgehead atoms. The van der Waals surface area contributed by atoms with E-state index >= 15 is 0 Å². The van der Waals surface area contributed by atoms with Gasteiger partial charge >= 0.3 is 0 Å². The molecule has 0 atom stereocenters. The van der Waals surface area contributed by atoms with Crippen LogP contribution in [0.25, 0.3) is 11.2 Å². The fraction of sp³-hybridized carbons (Fsp3) is 0.600. The third-order valence-electron chi connectivity index (χ3n) is 4.27. The number of rotatable bonds is 5. The lowest BCUT2D eigenvalue weighted by molar-refractivity contribution is 0.132. The van der Waals surface area contributed by atoms with E-state index < -0.39 is 0 Å². The van der Waals surface area contributed by atoms with Crippen LogP contribution in [0.2, 0.25) is 0 Å². The summed E-state index contributed by atoms with van der Waals surface area (Å²) in [6, 6.07) is 3.83. The van der Waals surface area contributed by atoms with E-state index in [0.29, 0.717) is 17.2 Å². The highest BCUT2D eigenvalue weighted by atomic mass is 35.5. The van der Waals surface area contributed by atoms with Crippen molar-refractivity contribution in [1.29, 1.82) is 0 Å². The van der Waals surface area contributed by atoms with Crippen LogP contribution in [-0.2, 0) is 13.0 Å². The molecule has 0 spiro atoms. The minimum Gasteiger partial charge on any atom is -0.481 e. The van der Waals surface area contributed by atoms with Gasteiger partial charge in [-0.1, -0.05) is 13.3 Å². The second kappa shape index (κ2) is 5.24. The molecule has 20 heavy (non-hydrogen) atoms. The summed E-state index contributed by atoms with van der Waals surface area (Å²) in [6.45, 7) is 3.31. The SMILES string of the molecule is COc1ccc2nc(CCCl)n(CC3(C)CCC3)c2n1. The summed E-state index contributed by atoms with van der Waals surface area (Å²) in [6.07, 6.45) is 4.65. The third kappa shape index (κ3) is 2.37. The zero-order chi connectivity index (χ0) is 14.2. The number of hydrogen-bond donors (Lipinski definition) is 0. The first kappa shape index (κ1) is 13.7. The van der Waals surface area contributed by atoms with E-state index in [0.717, 1.165) is 30.0 Å². The number of fused-ring (bicyclic) bond motifs is 1. The molecule has 1 saturated carbocycles. The van der Waals surface area contributed by atoms with Crippen LogP contribution in [0.4, 0.5) is 0 Å². The molecule has 108 valence electrons. The molecule has 0 radical (unpaired) electrons. The largest absolute Gasteiger partial charge is 0.481 e. The zero-order valence-corrected chi connectivity index (χ0v) is 12.8. The van der Waals surface area contributed by atoms with Crippen molar-refractivity contribution in [3.63, 3.8) is 0 Å². The van der Waals surface area contributed by atoms with Crippen LogP contribution in [0.3, 0.4) is 0 Å². The minimum atomic E-state index is 0.374. The summed E-state index contributed by atoms with van der Waals surface area (Å²) in [7, 11) is 1.64. The fourth-order valence-corrected chi connectivity index (χ4v) is 3.08. The zero-order valence-electron chi connectivity index (χ0n) is 12.0. The summed E-state index contributed by atoms with van der Waals surface area (Å²) in [5, 5.41) is 0. The Balaban J connectivity index is 2.06. The van der Waals surface area contributed by atoms with Crippen LogP contribution < -0.4 is 4.74 Å². The number of alkyl halides is 1. The van der Waals surface area contributed by atoms with Crippen LogP contribution in [0.5, 0.6) is 5.88 Å². The number of nitrogens with zero attached hydrogens (tertiary/aromatic N) is 3. The van der Waals surface area contributed by atoms with E-state index in [1.807, 2.05) is 12.1 Å². The van der Waals surface area contributed by atoms with Crippen molar-refractivity contribution >= 4 is 22.8 Å². The van der Waals surface area contributed by atoms with E-state index in [1.165, 1.54) is 19.3 Å². The maximum Gasteiger partial charge on any atom is 0.215 e. The lowest BCUT2D eigenvalue weighted by atomic mass is 9.70. The standard InChI is InChI=1S/C15H20ClN3O/c1-15(7-3-8-15)10-19-12(6-9-16)17-11-4-5-13(20-2)18-14(11)19/h4-5H,3,6-10H2,1-2H3. The summed E-state index contributed by atoms with van der Waals surface area (Å²) in [4.78, 5) is 9.26. The molecule has 0 amide bonds. The lowest BCUT2D eigenvalue weighted by Gasteiger charge is -2.39. The number of pyridine rings is 1. The number of aromatic nitrogens is 3. The second-order valence-electron chi connectivity index (χ2n) is 5.91. The van der Waals surface area contributed by atoms with Crippen molar-refractivity contribution in [2.24, 2.45) is 5.41 Å². The van der Waals surface area contributed by atoms with E-state index in [4.69, 9.17) is 16.3 Å². The van der Waals surface area contributed by atoms with Gasteiger partial charge in [-0.15, -0.1) is 11.6 Å². The first-order valence-corrected chi connectivity index (χ1v) is 7.65. The molecule has 0 saturated heterocycles. The Bertz CT molecular complexity index is 619. The first-order chi connectivity index (χ1) is 9.65. The van der Waals surface area contributed by atoms with Crippen molar-refractivity contribution in [3.05, 3.63) is 18.0 Å². The monoisotopic (exact) mass is 293 g/mol. The van der Waals surface area contributed by atoms with Crippen LogP contribution in [-0.4, -0.2) is 27.5 Å². The van der Waals surface area contributed by atoms with Gasteiger partial charge in [0.15, 0.2) is 5.65 Å². The van der Waals surface area contributed by atoms with Crippen LogP contribution in [0.15, 0.2) is 12.1 Å². The predicted molar refractivity (Wildman–Crippen MR) is 80.5 cm³/mol. The van der Waals surface area contributed by atoms with Gasteiger partial charge in [-0.25, -0.2) is 4.98 Å². The first-order valence-electron chi connectivity index (χ1n) is 7.11. The van der Waals surface area contributed by atoms with Crippen LogP contribution in [0.1, 0.15) is 32.0 Å². The molecule has 4 nitrogen and oxygen atoms in total. The van der Waals surface area contributed by atoms with E-state index in [9.17, 15) is 0 Å². The van der Waals surface area contributed by atoms with Gasteiger partial charge in [0.1, 0.15) is 11.3 Å². The number of imidazole rings is 1. The van der Waals surface area contributed by atoms with Gasteiger partial charge in [-0.3, -0.25) is 0 Å². The Morgan fingerprint density at radius 3 is 2.75 bits per heavy atom. The average Bonchev–Trinajstić information content (AvgIpc) is 2.74. The molecule has 2 heterocycles. The summed E-state index contributed by atoms with van der Waals surface area (Å²) in [5.74, 6) is 2.25. The molecule has 1 aliphatic carbocycles. The number of hydrogen-bond acceptors (Lipinski definition) is 3. The smallest absolute Gasteiger partial charge is 0.215 e. The number of halogens is 1. The molecule has 0 aromatic carbocycles. The topological polar surface area (TPSA) is 39.9 Å². The van der Waals surface area contributed by atoms with Gasteiger partial charge in [0.2, 0.25) is 5.88 Å². The number of ether oxygens (including phenoxy) is 1. The molecule has 2 aromatic rings. The lowest BCUT2D eigenvalue weighted by Crippen LogP contribution is -2.31. The third-order valence-corrected chi connectivity index (χ3v) is 4.46. The molecule has 5 heteroatoms. The van der Waals surface area contributed by atoms with Crippen molar-refractivity contribution < 1.29 is 4.74 Å². The molecular weight excluding hydrogens is 274 g/mol. The normalized spacial score (nSPS) is 17.1. The van der Waals surface area contributed by atoms with Crippen molar-refractivity contribution in [3.8, 4) is 5.88 Å². The highest BCUT2D eigenvalue weighted by molar-refractivity contribution is 6.17. The van der Waals surface area contributed by atoms with Crippen molar-refractivity contribution in [2.45, 2.75) is 39.2 Å². The molecule has 2 aromatic heterocycles. The quantitative estimate of drug-likeness (QED) is 0.793. The van der Waals surface area contributed by atoms with Gasteiger partial charge in [0, 0.05) is 24.9 Å². The van der Waals surface area contributed by atoms with Gasteiger partial charge in [0.05, 0.1) is 7.11 Å². The van der Waals surface area contributed by atoms with Gasteiger partial charge < -0.3 is 9.30 Å². The van der Waals surface area contributed by atoms with Crippen LogP contribution in [0, 0.1) is 5.41 Å². The highest BCUT2D eigenvalue weighted by Crippen LogP contribution is 2.42. The fourth-order valence-electron chi connectivity index (χ4n) is 2.91. The Labute approximate surface area is 124 Å². The summed E-state index contributed by atoms with van der Waals surface area (Å²) >= 11 is 5.91. The summed E-state index contributed by atoms with van der Waals surface area (Å²) < 4.78 is 7.47. The molecule has 0 N–H and O–H groups in total. The Kier molecular flexibility index (Phi) is 3.59. The van der Waals surface area contributed by atoms with Gasteiger partial charge in [-0.05, 0) is 24.3 Å².